The number of hydrogen-bond acceptors (Lipinski definition) is 11. The number of rotatable bonds is 10. The third-order valence-electron chi connectivity index (χ3n) is 12.7. The number of esters is 1. The Morgan fingerprint density at radius 3 is 2.26 bits per heavy atom. The molecule has 3 aliphatic heterocycles. The molecule has 3 N–H and O–H groups in total. The predicted octanol–water partition coefficient (Wildman–Crippen LogP) is 7.31. The van der Waals surface area contributed by atoms with Gasteiger partial charge in [0.05, 0.1) is 35.2 Å². The highest BCUT2D eigenvalue weighted by molar-refractivity contribution is 6.23. The van der Waals surface area contributed by atoms with Crippen molar-refractivity contribution in [3.05, 3.63) is 183 Å². The number of nitro benzene ring substituents is 1. The van der Waals surface area contributed by atoms with Gasteiger partial charge in [-0.3, -0.25) is 29.4 Å². The van der Waals surface area contributed by atoms with Crippen LogP contribution >= 0.6 is 0 Å². The van der Waals surface area contributed by atoms with Gasteiger partial charge in [0, 0.05) is 23.3 Å². The van der Waals surface area contributed by atoms with Crippen LogP contribution in [0.5, 0.6) is 5.75 Å². The molecule has 328 valence electrons. The number of aliphatic hydroxyl groups is 1. The molecule has 0 bridgehead atoms. The molecule has 1 aliphatic carbocycles. The average Bonchev–Trinajstić information content (AvgIpc) is 3.79. The molecule has 65 heavy (non-hydrogen) atoms. The van der Waals surface area contributed by atoms with Crippen molar-refractivity contribution >= 4 is 35.3 Å². The summed E-state index contributed by atoms with van der Waals surface area (Å²) in [7, 11) is 0. The van der Waals surface area contributed by atoms with E-state index in [1.807, 2.05) is 65.6 Å². The molecule has 9 rings (SSSR count). The predicted molar refractivity (Wildman–Crippen MR) is 237 cm³/mol. The number of morpholine rings is 1. The van der Waals surface area contributed by atoms with E-state index < -0.39 is 64.4 Å². The molecule has 0 radical (unpaired) electrons. The minimum atomic E-state index is -2.14. The number of cyclic esters (lactones) is 1. The van der Waals surface area contributed by atoms with Gasteiger partial charge in [-0.25, -0.2) is 9.69 Å². The van der Waals surface area contributed by atoms with Crippen LogP contribution in [-0.4, -0.2) is 58.1 Å². The number of carbonyl (C=O) groups is 4. The Morgan fingerprint density at radius 2 is 1.58 bits per heavy atom. The van der Waals surface area contributed by atoms with E-state index in [1.165, 1.54) is 24.3 Å². The van der Waals surface area contributed by atoms with Crippen LogP contribution in [0.3, 0.4) is 0 Å². The van der Waals surface area contributed by atoms with Crippen molar-refractivity contribution in [3.63, 3.8) is 0 Å². The summed E-state index contributed by atoms with van der Waals surface area (Å²) in [6.07, 6.45) is 3.83. The highest BCUT2D eigenvalue weighted by Gasteiger charge is 2.76. The topological polar surface area (TPSA) is 192 Å². The van der Waals surface area contributed by atoms with Gasteiger partial charge in [-0.1, -0.05) is 96.8 Å². The second-order valence-electron chi connectivity index (χ2n) is 16.4. The Morgan fingerprint density at radius 1 is 0.877 bits per heavy atom. The Labute approximate surface area is 374 Å². The normalized spacial score (nSPS) is 23.4. The number of aliphatic hydroxyl groups excluding tert-OH is 1. The van der Waals surface area contributed by atoms with E-state index in [0.29, 0.717) is 27.8 Å². The summed E-state index contributed by atoms with van der Waals surface area (Å²) in [5, 5.41) is 21.3. The van der Waals surface area contributed by atoms with Crippen molar-refractivity contribution in [2.45, 2.75) is 61.9 Å². The van der Waals surface area contributed by atoms with Gasteiger partial charge in [0.15, 0.2) is 0 Å². The van der Waals surface area contributed by atoms with Crippen molar-refractivity contribution in [3.8, 4) is 17.6 Å². The second-order valence-corrected chi connectivity index (χ2v) is 16.4. The van der Waals surface area contributed by atoms with E-state index in [9.17, 15) is 24.8 Å². The molecule has 2 fully saturated rings. The molecule has 14 heteroatoms. The molecule has 3 amide bonds. The van der Waals surface area contributed by atoms with Gasteiger partial charge < -0.3 is 25.1 Å². The number of carbonyl (C=O) groups excluding carboxylic acids is 4. The zero-order valence-corrected chi connectivity index (χ0v) is 35.1. The number of allylic oxidation sites excluding steroid dienone is 2. The van der Waals surface area contributed by atoms with Crippen molar-refractivity contribution in [1.29, 1.82) is 0 Å². The summed E-state index contributed by atoms with van der Waals surface area (Å²) in [5.41, 5.74) is 8.08. The maximum atomic E-state index is 16.2. The smallest absolute Gasteiger partial charge is 0.421 e. The van der Waals surface area contributed by atoms with E-state index in [-0.39, 0.29) is 42.5 Å². The number of nitrogens with zero attached hydrogens (tertiary/aromatic N) is 3. The minimum absolute atomic E-state index is 0.0835. The van der Waals surface area contributed by atoms with Crippen LogP contribution in [0.4, 0.5) is 16.2 Å². The fraction of sp³-hybridized carbons (Fsp3) is 0.255. The molecule has 0 unspecified atom stereocenters. The largest absolute Gasteiger partial charge is 0.491 e. The first-order valence-corrected chi connectivity index (χ1v) is 21.4. The van der Waals surface area contributed by atoms with Gasteiger partial charge in [-0.15, -0.1) is 0 Å². The van der Waals surface area contributed by atoms with E-state index in [2.05, 4.69) is 17.9 Å². The Bertz CT molecular complexity index is 2770. The van der Waals surface area contributed by atoms with E-state index in [4.69, 9.17) is 19.9 Å². The lowest BCUT2D eigenvalue weighted by Crippen LogP contribution is -2.55. The van der Waals surface area contributed by atoms with Crippen molar-refractivity contribution in [2.24, 2.45) is 11.7 Å². The van der Waals surface area contributed by atoms with Crippen molar-refractivity contribution < 1.29 is 43.4 Å². The third kappa shape index (κ3) is 7.58. The number of benzene rings is 5. The zero-order chi connectivity index (χ0) is 45.2. The number of fused-ring (bicyclic) bond motifs is 3. The zero-order valence-electron chi connectivity index (χ0n) is 35.1. The Balaban J connectivity index is 1.30. The number of amides is 3. The Kier molecular flexibility index (Phi) is 11.7. The SMILES string of the molecule is NC(=O)[C@@H]1[C@H]2C(=O)O[C@H](c3ccccc3)[C@H](c3ccccc3)N2[C@H](c2ccccc2OCCO)[C@@]12C(=O)N(C(=O)OCc1ccc([N+](=O)[O-])cc1)c1ccc(C#CC3=CCCCC3)cc12. The van der Waals surface area contributed by atoms with Gasteiger partial charge in [-0.2, -0.15) is 0 Å². The van der Waals surface area contributed by atoms with Gasteiger partial charge in [0.2, 0.25) is 11.8 Å². The standard InChI is InChI=1S/C51H44N4O10/c52-47(57)42-44-48(58)65-45(36-16-8-3-9-17-36)43(35-14-6-2-7-15-35)54(44)46(38-18-10-11-19-41(38)63-29-28-56)51(42)39-30-33(21-20-32-12-4-1-5-13-32)24-27-40(39)53(49(51)59)50(60)64-31-34-22-25-37(26-23-34)55(61)62/h2-3,6-12,14-19,22-27,30,42-46,56H,1,4-5,13,28-29,31H2,(H2,52,57)/t42-,43-,44-,45+,46+,51-/m0/s1. The number of anilines is 1. The number of ether oxygens (including phenoxy) is 3. The van der Waals surface area contributed by atoms with Gasteiger partial charge in [-0.05, 0) is 89.9 Å². The highest BCUT2D eigenvalue weighted by atomic mass is 16.6. The van der Waals surface area contributed by atoms with E-state index in [0.717, 1.165) is 36.2 Å². The molecule has 5 aromatic rings. The summed E-state index contributed by atoms with van der Waals surface area (Å²) in [6, 6.07) is 32.1. The lowest BCUT2D eigenvalue weighted by Gasteiger charge is -2.46. The molecule has 5 aromatic carbocycles. The van der Waals surface area contributed by atoms with Crippen LogP contribution in [0.2, 0.25) is 0 Å². The molecule has 14 nitrogen and oxygen atoms in total. The molecule has 0 aromatic heterocycles. The first-order valence-electron chi connectivity index (χ1n) is 21.4. The molecular formula is C51H44N4O10. The average molecular weight is 873 g/mol. The summed E-state index contributed by atoms with van der Waals surface area (Å²) in [6.45, 7) is -0.834. The first-order chi connectivity index (χ1) is 31.6. The number of nitro groups is 1. The maximum Gasteiger partial charge on any atom is 0.421 e. The van der Waals surface area contributed by atoms with Crippen molar-refractivity contribution in [2.75, 3.05) is 18.1 Å². The summed E-state index contributed by atoms with van der Waals surface area (Å²) >= 11 is 0. The molecule has 1 spiro atoms. The second kappa shape index (κ2) is 17.9. The number of nitrogens with two attached hydrogens (primary N) is 1. The van der Waals surface area contributed by atoms with E-state index in [1.54, 1.807) is 42.5 Å². The third-order valence-corrected chi connectivity index (χ3v) is 12.7. The lowest BCUT2D eigenvalue weighted by atomic mass is 9.65. The summed E-state index contributed by atoms with van der Waals surface area (Å²) in [4.78, 5) is 73.9. The van der Waals surface area contributed by atoms with Gasteiger partial charge >= 0.3 is 12.1 Å². The quantitative estimate of drug-likeness (QED) is 0.0619. The summed E-state index contributed by atoms with van der Waals surface area (Å²) in [5.74, 6) is 2.44. The number of imide groups is 1. The Hall–Kier alpha value is -7.60. The van der Waals surface area contributed by atoms with Crippen LogP contribution in [0.15, 0.2) is 139 Å². The minimum Gasteiger partial charge on any atom is -0.491 e. The monoisotopic (exact) mass is 872 g/mol. The molecule has 2 saturated heterocycles. The van der Waals surface area contributed by atoms with Gasteiger partial charge in [0.25, 0.3) is 5.69 Å². The number of primary amides is 1. The maximum absolute atomic E-state index is 16.2. The molecule has 4 aliphatic rings. The van der Waals surface area contributed by atoms with Gasteiger partial charge in [0.1, 0.15) is 36.5 Å². The van der Waals surface area contributed by atoms with E-state index >= 15 is 9.59 Å². The number of hydrogen-bond donors (Lipinski definition) is 2. The number of non-ortho nitro benzene ring substituents is 1. The first kappa shape index (κ1) is 42.7. The molecule has 6 atom stereocenters. The van der Waals surface area contributed by atoms with Crippen molar-refractivity contribution in [1.82, 2.24) is 4.90 Å². The van der Waals surface area contributed by atoms with Crippen LogP contribution < -0.4 is 15.4 Å². The highest BCUT2D eigenvalue weighted by Crippen LogP contribution is 2.66. The van der Waals surface area contributed by atoms with Crippen LogP contribution in [-0.2, 0) is 35.9 Å². The number of para-hydroxylation sites is 1. The fourth-order valence-electron chi connectivity index (χ4n) is 9.99. The fourth-order valence-corrected chi connectivity index (χ4v) is 9.99. The molecular weight excluding hydrogens is 829 g/mol. The molecule has 0 saturated carbocycles. The van der Waals surface area contributed by atoms with Crippen LogP contribution in [0.25, 0.3) is 0 Å². The van der Waals surface area contributed by atoms with Crippen LogP contribution in [0.1, 0.15) is 77.3 Å². The van der Waals surface area contributed by atoms with Crippen LogP contribution in [0, 0.1) is 27.9 Å². The lowest BCUT2D eigenvalue weighted by molar-refractivity contribution is -0.384. The molecule has 3 heterocycles. The summed E-state index contributed by atoms with van der Waals surface area (Å²) < 4.78 is 18.4.